The van der Waals surface area contributed by atoms with Crippen LogP contribution >= 0.6 is 11.6 Å². The van der Waals surface area contributed by atoms with Crippen LogP contribution in [0.4, 0.5) is 0 Å². The number of carboxylic acids is 1. The summed E-state index contributed by atoms with van der Waals surface area (Å²) in [6, 6.07) is 9.54. The highest BCUT2D eigenvalue weighted by Crippen LogP contribution is 2.25. The Hall–Kier alpha value is -2.35. The van der Waals surface area contributed by atoms with Gasteiger partial charge >= 0.3 is 5.97 Å². The van der Waals surface area contributed by atoms with Crippen molar-refractivity contribution in [1.82, 2.24) is 9.47 Å². The molecule has 1 saturated heterocycles. The van der Waals surface area contributed by atoms with E-state index in [-0.39, 0.29) is 30.2 Å². The number of halogens is 1. The summed E-state index contributed by atoms with van der Waals surface area (Å²) in [5.74, 6) is -1.07. The second kappa shape index (κ2) is 10.3. The van der Waals surface area contributed by atoms with Gasteiger partial charge in [-0.25, -0.2) is 4.79 Å². The molecule has 0 bridgehead atoms. The highest BCUT2D eigenvalue weighted by molar-refractivity contribution is 6.30. The molecule has 2 atom stereocenters. The van der Waals surface area contributed by atoms with Gasteiger partial charge < -0.3 is 25.0 Å². The van der Waals surface area contributed by atoms with Gasteiger partial charge in [-0.2, -0.15) is 0 Å². The Kier molecular flexibility index (Phi) is 7.75. The van der Waals surface area contributed by atoms with Crippen molar-refractivity contribution in [3.63, 3.8) is 0 Å². The van der Waals surface area contributed by atoms with Crippen LogP contribution in [0.5, 0.6) is 0 Å². The highest BCUT2D eigenvalue weighted by Gasteiger charge is 2.31. The number of carbonyl (C=O) groups excluding carboxylic acids is 1. The zero-order valence-electron chi connectivity index (χ0n) is 18.0. The van der Waals surface area contributed by atoms with Crippen molar-refractivity contribution >= 4 is 23.5 Å². The number of carbonyl (C=O) groups is 2. The van der Waals surface area contributed by atoms with E-state index in [4.69, 9.17) is 22.1 Å². The van der Waals surface area contributed by atoms with Crippen molar-refractivity contribution in [2.75, 3.05) is 13.2 Å². The maximum atomic E-state index is 12.6. The fourth-order valence-corrected chi connectivity index (χ4v) is 4.14. The van der Waals surface area contributed by atoms with E-state index in [1.807, 2.05) is 36.1 Å². The van der Waals surface area contributed by atoms with E-state index >= 15 is 0 Å². The van der Waals surface area contributed by atoms with Crippen LogP contribution in [0.25, 0.3) is 0 Å². The van der Waals surface area contributed by atoms with Gasteiger partial charge in [0, 0.05) is 30.2 Å². The summed E-state index contributed by atoms with van der Waals surface area (Å²) < 4.78 is 7.12. The zero-order chi connectivity index (χ0) is 22.5. The van der Waals surface area contributed by atoms with Crippen LogP contribution in [0.2, 0.25) is 5.02 Å². The van der Waals surface area contributed by atoms with Gasteiger partial charge in [0.2, 0.25) is 0 Å². The lowest BCUT2D eigenvalue weighted by molar-refractivity contribution is 0.0640. The summed E-state index contributed by atoms with van der Waals surface area (Å²) in [5, 5.41) is 10.0. The van der Waals surface area contributed by atoms with E-state index in [2.05, 4.69) is 6.92 Å². The molecule has 8 heteroatoms. The van der Waals surface area contributed by atoms with Gasteiger partial charge in [-0.3, -0.25) is 4.79 Å². The average Bonchev–Trinajstić information content (AvgIpc) is 3.37. The van der Waals surface area contributed by atoms with E-state index in [1.54, 1.807) is 4.57 Å². The first kappa shape index (κ1) is 23.3. The van der Waals surface area contributed by atoms with E-state index in [0.717, 1.165) is 36.4 Å². The maximum Gasteiger partial charge on any atom is 0.337 e. The van der Waals surface area contributed by atoms with Gasteiger partial charge in [0.05, 0.1) is 24.5 Å². The molecule has 0 unspecified atom stereocenters. The number of hydrogen-bond donors (Lipinski definition) is 2. The van der Waals surface area contributed by atoms with Crippen LogP contribution in [0.1, 0.15) is 71.3 Å². The molecule has 0 saturated carbocycles. The van der Waals surface area contributed by atoms with Crippen molar-refractivity contribution in [1.29, 1.82) is 0 Å². The molecular formula is C23H30ClN3O4. The Balaban J connectivity index is 0.000000210. The zero-order valence-corrected chi connectivity index (χ0v) is 18.8. The number of nitrogens with two attached hydrogens (primary N) is 1. The summed E-state index contributed by atoms with van der Waals surface area (Å²) in [7, 11) is 0. The summed E-state index contributed by atoms with van der Waals surface area (Å²) in [6.45, 7) is 6.15. The number of rotatable bonds is 4. The van der Waals surface area contributed by atoms with Gasteiger partial charge in [-0.15, -0.1) is 0 Å². The molecule has 31 heavy (non-hydrogen) atoms. The quantitative estimate of drug-likeness (QED) is 0.735. The third-order valence-electron chi connectivity index (χ3n) is 5.91. The van der Waals surface area contributed by atoms with E-state index in [1.165, 1.54) is 6.07 Å². The summed E-state index contributed by atoms with van der Waals surface area (Å²) in [6.07, 6.45) is 2.98. The molecule has 4 rings (SSSR count). The Morgan fingerprint density at radius 3 is 2.58 bits per heavy atom. The smallest absolute Gasteiger partial charge is 0.337 e. The predicted octanol–water partition coefficient (Wildman–Crippen LogP) is 4.09. The Bertz CT molecular complexity index is 926. The molecule has 3 heterocycles. The molecular weight excluding hydrogens is 418 g/mol. The first-order valence-electron chi connectivity index (χ1n) is 10.7. The number of fused-ring (bicyclic) bond motifs is 1. The third kappa shape index (κ3) is 5.29. The highest BCUT2D eigenvalue weighted by atomic mass is 35.5. The maximum absolute atomic E-state index is 12.6. The molecule has 1 aromatic carbocycles. The number of carboxylic acid groups (broad SMARTS) is 1. The minimum Gasteiger partial charge on any atom is -0.478 e. The number of hydrogen-bond acceptors (Lipinski definition) is 4. The Morgan fingerprint density at radius 2 is 2.00 bits per heavy atom. The van der Waals surface area contributed by atoms with Crippen molar-refractivity contribution in [3.05, 3.63) is 57.9 Å². The average molecular weight is 448 g/mol. The fraction of sp³-hybridized carbons (Fsp3) is 0.478. The van der Waals surface area contributed by atoms with Crippen LogP contribution in [0.3, 0.4) is 0 Å². The second-order valence-electron chi connectivity index (χ2n) is 7.96. The van der Waals surface area contributed by atoms with E-state index in [9.17, 15) is 14.7 Å². The third-order valence-corrected chi connectivity index (χ3v) is 6.16. The first-order chi connectivity index (χ1) is 14.8. The lowest BCUT2D eigenvalue weighted by Gasteiger charge is -2.24. The molecule has 3 N–H and O–H groups in total. The van der Waals surface area contributed by atoms with E-state index < -0.39 is 5.97 Å². The van der Waals surface area contributed by atoms with Crippen molar-refractivity contribution < 1.29 is 19.4 Å². The van der Waals surface area contributed by atoms with Gasteiger partial charge in [-0.1, -0.05) is 30.7 Å². The van der Waals surface area contributed by atoms with Gasteiger partial charge in [0.1, 0.15) is 5.69 Å². The normalized spacial score (nSPS) is 18.7. The van der Waals surface area contributed by atoms with Crippen LogP contribution < -0.4 is 5.73 Å². The van der Waals surface area contributed by atoms with Crippen molar-refractivity contribution in [2.24, 2.45) is 5.73 Å². The standard InChI is InChI=1S/C14H18N2O4.C9H12ClN/c1-9-3-2-4-15(9)13(17)11-7-10(14(18)19)12-8-20-6-5-16(11)12;1-2-9(11)7-3-5-8(10)6-4-7/h7,9H,2-6,8H2,1H3,(H,18,19);3-6,9H,2,11H2,1H3/t2*9-/m01/s1. The fourth-order valence-electron chi connectivity index (χ4n) is 4.01. The summed E-state index contributed by atoms with van der Waals surface area (Å²) in [4.78, 5) is 25.8. The minimum absolute atomic E-state index is 0.0642. The predicted molar refractivity (Wildman–Crippen MR) is 119 cm³/mol. The van der Waals surface area contributed by atoms with Crippen LogP contribution in [-0.4, -0.2) is 45.6 Å². The van der Waals surface area contributed by atoms with Crippen LogP contribution in [-0.2, 0) is 17.9 Å². The van der Waals surface area contributed by atoms with Gasteiger partial charge in [0.15, 0.2) is 0 Å². The van der Waals surface area contributed by atoms with Crippen molar-refractivity contribution in [2.45, 2.75) is 58.3 Å². The molecule has 1 aromatic heterocycles. The Labute approximate surface area is 187 Å². The number of likely N-dealkylation sites (tertiary alicyclic amines) is 1. The van der Waals surface area contributed by atoms with Crippen LogP contribution in [0.15, 0.2) is 30.3 Å². The van der Waals surface area contributed by atoms with Gasteiger partial charge in [0.25, 0.3) is 5.91 Å². The lowest BCUT2D eigenvalue weighted by atomic mass is 10.1. The summed E-state index contributed by atoms with van der Waals surface area (Å²) in [5.41, 5.74) is 8.21. The molecule has 2 aromatic rings. The molecule has 2 aliphatic heterocycles. The number of nitrogens with zero attached hydrogens (tertiary/aromatic N) is 2. The molecule has 0 spiro atoms. The molecule has 168 valence electrons. The number of aromatic nitrogens is 1. The second-order valence-corrected chi connectivity index (χ2v) is 8.39. The molecule has 7 nitrogen and oxygen atoms in total. The number of benzene rings is 1. The monoisotopic (exact) mass is 447 g/mol. The topological polar surface area (TPSA) is 97.8 Å². The number of ether oxygens (including phenoxy) is 1. The lowest BCUT2D eigenvalue weighted by Crippen LogP contribution is -2.35. The van der Waals surface area contributed by atoms with Crippen LogP contribution in [0, 0.1) is 0 Å². The number of aromatic carboxylic acids is 1. The Morgan fingerprint density at radius 1 is 1.29 bits per heavy atom. The first-order valence-corrected chi connectivity index (χ1v) is 11.1. The molecule has 0 radical (unpaired) electrons. The SMILES string of the molecule is CC[C@@H](N)c1ccc(Cl)cc1.C[C@H]1CCCN1C(=O)c1cc(C(=O)O)c2n1CCOC2. The minimum atomic E-state index is -1.01. The molecule has 1 fully saturated rings. The van der Waals surface area contributed by atoms with Crippen molar-refractivity contribution in [3.8, 4) is 0 Å². The summed E-state index contributed by atoms with van der Waals surface area (Å²) >= 11 is 5.72. The molecule has 2 aliphatic rings. The van der Waals surface area contributed by atoms with Gasteiger partial charge in [-0.05, 0) is 49.9 Å². The molecule has 0 aliphatic carbocycles. The molecule has 1 amide bonds. The van der Waals surface area contributed by atoms with E-state index in [0.29, 0.717) is 24.5 Å². The number of amides is 1. The largest absolute Gasteiger partial charge is 0.478 e.